The average molecular weight is 291 g/mol. The Morgan fingerprint density at radius 3 is 2.76 bits per heavy atom. The highest BCUT2D eigenvalue weighted by Crippen LogP contribution is 2.61. The lowest BCUT2D eigenvalue weighted by Gasteiger charge is -2.53. The normalized spacial score (nSPS) is 56.2. The van der Waals surface area contributed by atoms with Gasteiger partial charge in [-0.15, -0.1) is 0 Å². The maximum atomic E-state index is 10.3. The first-order chi connectivity index (χ1) is 10.0. The van der Waals surface area contributed by atoms with Crippen molar-refractivity contribution in [2.45, 2.75) is 70.1 Å². The van der Waals surface area contributed by atoms with E-state index in [2.05, 4.69) is 13.0 Å². The van der Waals surface area contributed by atoms with E-state index >= 15 is 0 Å². The van der Waals surface area contributed by atoms with E-state index < -0.39 is 0 Å². The minimum absolute atomic E-state index is 0.0337. The second-order valence-electron chi connectivity index (χ2n) is 8.34. The van der Waals surface area contributed by atoms with Crippen molar-refractivity contribution in [3.05, 3.63) is 11.6 Å². The molecule has 4 aliphatic rings. The number of fused-ring (bicyclic) bond motifs is 5. The Labute approximate surface area is 127 Å². The summed E-state index contributed by atoms with van der Waals surface area (Å²) in [4.78, 5) is 0. The van der Waals surface area contributed by atoms with Crippen LogP contribution in [0.2, 0.25) is 0 Å². The third-order valence-corrected chi connectivity index (χ3v) is 7.54. The zero-order valence-electron chi connectivity index (χ0n) is 13.0. The molecule has 8 atom stereocenters. The van der Waals surface area contributed by atoms with Crippen LogP contribution in [0.15, 0.2) is 11.6 Å². The van der Waals surface area contributed by atoms with Crippen LogP contribution in [0.25, 0.3) is 0 Å². The Kier molecular flexibility index (Phi) is 3.26. The van der Waals surface area contributed by atoms with Gasteiger partial charge in [-0.1, -0.05) is 18.6 Å². The van der Waals surface area contributed by atoms with Crippen molar-refractivity contribution in [1.29, 1.82) is 0 Å². The average Bonchev–Trinajstić information content (AvgIpc) is 2.70. The molecule has 4 aliphatic carbocycles. The van der Waals surface area contributed by atoms with Gasteiger partial charge in [0.2, 0.25) is 0 Å². The highest BCUT2D eigenvalue weighted by Gasteiger charge is 2.58. The molecule has 0 saturated heterocycles. The Bertz CT molecular complexity index is 462. The summed E-state index contributed by atoms with van der Waals surface area (Å²) in [5.41, 5.74) is 8.02. The third-order valence-electron chi connectivity index (χ3n) is 7.54. The molecule has 0 radical (unpaired) electrons. The molecule has 0 aromatic rings. The monoisotopic (exact) mass is 291 g/mol. The molecule has 3 nitrogen and oxygen atoms in total. The smallest absolute Gasteiger partial charge is 0.0723 e. The van der Waals surface area contributed by atoms with Gasteiger partial charge in [-0.2, -0.15) is 0 Å². The van der Waals surface area contributed by atoms with Crippen LogP contribution in [0.3, 0.4) is 0 Å². The highest BCUT2D eigenvalue weighted by molar-refractivity contribution is 5.20. The molecule has 0 heterocycles. The molecule has 0 aliphatic heterocycles. The van der Waals surface area contributed by atoms with Crippen LogP contribution < -0.4 is 5.73 Å². The van der Waals surface area contributed by atoms with Crippen molar-refractivity contribution < 1.29 is 10.2 Å². The molecule has 118 valence electrons. The number of hydrogen-bond donors (Lipinski definition) is 3. The number of allylic oxidation sites excluding steroid dienone is 1. The van der Waals surface area contributed by atoms with Crippen molar-refractivity contribution in [3.8, 4) is 0 Å². The first-order valence-electron chi connectivity index (χ1n) is 8.83. The van der Waals surface area contributed by atoms with E-state index in [-0.39, 0.29) is 23.7 Å². The Morgan fingerprint density at radius 2 is 1.95 bits per heavy atom. The number of rotatable bonds is 0. The van der Waals surface area contributed by atoms with Gasteiger partial charge < -0.3 is 15.9 Å². The third kappa shape index (κ3) is 1.97. The molecular weight excluding hydrogens is 262 g/mol. The summed E-state index contributed by atoms with van der Waals surface area (Å²) < 4.78 is 0. The minimum Gasteiger partial charge on any atom is -0.391 e. The van der Waals surface area contributed by atoms with E-state index in [1.807, 2.05) is 0 Å². The fourth-order valence-electron chi connectivity index (χ4n) is 6.36. The Morgan fingerprint density at radius 1 is 1.14 bits per heavy atom. The van der Waals surface area contributed by atoms with Crippen LogP contribution in [0.1, 0.15) is 51.9 Å². The molecular formula is C18H29NO2. The van der Waals surface area contributed by atoms with E-state index in [4.69, 9.17) is 5.73 Å². The summed E-state index contributed by atoms with van der Waals surface area (Å²) in [6.07, 6.45) is 9.46. The predicted molar refractivity (Wildman–Crippen MR) is 82.5 cm³/mol. The Hall–Kier alpha value is -0.380. The Balaban J connectivity index is 1.62. The maximum Gasteiger partial charge on any atom is 0.0723 e. The van der Waals surface area contributed by atoms with Crippen molar-refractivity contribution in [2.75, 3.05) is 0 Å². The van der Waals surface area contributed by atoms with Crippen molar-refractivity contribution in [1.82, 2.24) is 0 Å². The lowest BCUT2D eigenvalue weighted by atomic mass is 9.52. The highest BCUT2D eigenvalue weighted by atomic mass is 16.3. The molecule has 0 bridgehead atoms. The summed E-state index contributed by atoms with van der Waals surface area (Å²) in [6.45, 7) is 2.32. The molecule has 21 heavy (non-hydrogen) atoms. The zero-order chi connectivity index (χ0) is 14.8. The fraction of sp³-hybridized carbons (Fsp3) is 0.889. The van der Waals surface area contributed by atoms with Crippen molar-refractivity contribution in [3.63, 3.8) is 0 Å². The van der Waals surface area contributed by atoms with Gasteiger partial charge in [0.25, 0.3) is 0 Å². The molecule has 4 rings (SSSR count). The molecule has 0 aromatic carbocycles. The topological polar surface area (TPSA) is 66.5 Å². The number of aliphatic hydroxyl groups is 2. The predicted octanol–water partition coefficient (Wildman–Crippen LogP) is 2.22. The van der Waals surface area contributed by atoms with Gasteiger partial charge in [0, 0.05) is 6.04 Å². The van der Waals surface area contributed by atoms with Crippen LogP contribution in [-0.2, 0) is 0 Å². The standard InChI is InChI=1S/C18H29NO2/c1-18-7-6-13-12-5-3-11(20)8-10(12)2-4-14(13)15(18)9-16(21)17(18)19/h8,11-17,20-21H,2-7,9,19H2,1H3/t11-,12+,13-,14-,15+,16-,17+,18+/m1/s1. The minimum atomic E-state index is -0.302. The van der Waals surface area contributed by atoms with E-state index in [9.17, 15) is 10.2 Å². The van der Waals surface area contributed by atoms with Crippen molar-refractivity contribution >= 4 is 0 Å². The summed E-state index contributed by atoms with van der Waals surface area (Å²) in [5.74, 6) is 2.82. The molecule has 3 heteroatoms. The number of hydrogen-bond acceptors (Lipinski definition) is 3. The number of nitrogens with two attached hydrogens (primary N) is 1. The lowest BCUT2D eigenvalue weighted by molar-refractivity contribution is -0.0114. The molecule has 3 saturated carbocycles. The molecule has 0 spiro atoms. The zero-order valence-corrected chi connectivity index (χ0v) is 13.0. The van der Waals surface area contributed by atoms with Gasteiger partial charge in [-0.05, 0) is 74.0 Å². The van der Waals surface area contributed by atoms with Gasteiger partial charge in [0.1, 0.15) is 0 Å². The molecule has 0 amide bonds. The van der Waals surface area contributed by atoms with Crippen LogP contribution in [0.4, 0.5) is 0 Å². The molecule has 3 fully saturated rings. The van der Waals surface area contributed by atoms with Gasteiger partial charge in [0.05, 0.1) is 12.2 Å². The van der Waals surface area contributed by atoms with E-state index in [1.54, 1.807) is 0 Å². The van der Waals surface area contributed by atoms with Gasteiger partial charge >= 0.3 is 0 Å². The summed E-state index contributed by atoms with van der Waals surface area (Å²) in [7, 11) is 0. The van der Waals surface area contributed by atoms with E-state index in [0.29, 0.717) is 11.8 Å². The fourth-order valence-corrected chi connectivity index (χ4v) is 6.36. The van der Waals surface area contributed by atoms with Gasteiger partial charge in [-0.25, -0.2) is 0 Å². The molecule has 0 unspecified atom stereocenters. The first kappa shape index (κ1) is 14.2. The lowest BCUT2D eigenvalue weighted by Crippen LogP contribution is -2.50. The molecule has 0 aromatic heterocycles. The van der Waals surface area contributed by atoms with Gasteiger partial charge in [-0.3, -0.25) is 0 Å². The largest absolute Gasteiger partial charge is 0.391 e. The van der Waals surface area contributed by atoms with Crippen LogP contribution in [0.5, 0.6) is 0 Å². The van der Waals surface area contributed by atoms with Gasteiger partial charge in [0.15, 0.2) is 0 Å². The van der Waals surface area contributed by atoms with Crippen LogP contribution in [0, 0.1) is 29.1 Å². The summed E-state index contributed by atoms with van der Waals surface area (Å²) in [6, 6.07) is -0.0337. The van der Waals surface area contributed by atoms with Crippen LogP contribution in [-0.4, -0.2) is 28.5 Å². The van der Waals surface area contributed by atoms with E-state index in [0.717, 1.165) is 37.5 Å². The quantitative estimate of drug-likeness (QED) is 0.600. The number of aliphatic hydroxyl groups excluding tert-OH is 2. The SMILES string of the molecule is C[C@]12CC[C@H]3[C@@H](CCC4=C[C@H](O)CC[C@@H]43)[C@@H]1C[C@@H](O)[C@@H]2N. The first-order valence-corrected chi connectivity index (χ1v) is 8.83. The summed E-state index contributed by atoms with van der Waals surface area (Å²) >= 11 is 0. The second-order valence-corrected chi connectivity index (χ2v) is 8.34. The second kappa shape index (κ2) is 4.81. The van der Waals surface area contributed by atoms with Crippen molar-refractivity contribution in [2.24, 2.45) is 34.8 Å². The summed E-state index contributed by atoms with van der Waals surface area (Å²) in [5, 5.41) is 20.2. The van der Waals surface area contributed by atoms with Crippen LogP contribution >= 0.6 is 0 Å². The molecule has 4 N–H and O–H groups in total. The van der Waals surface area contributed by atoms with E-state index in [1.165, 1.54) is 24.8 Å². The maximum absolute atomic E-state index is 10.3.